The Morgan fingerprint density at radius 3 is 2.73 bits per heavy atom. The molecule has 4 rings (SSSR count). The summed E-state index contributed by atoms with van der Waals surface area (Å²) in [5, 5.41) is 19.4. The second kappa shape index (κ2) is 7.91. The summed E-state index contributed by atoms with van der Waals surface area (Å²) >= 11 is 5.15. The second-order valence-corrected chi connectivity index (χ2v) is 10.6. The zero-order valence-electron chi connectivity index (χ0n) is 18.3. The number of rotatable bonds is 4. The number of fused-ring (bicyclic) bond motifs is 1. The minimum Gasteiger partial charge on any atom is -0.404 e. The van der Waals surface area contributed by atoms with Gasteiger partial charge in [-0.15, -0.1) is 0 Å². The third kappa shape index (κ3) is 3.85. The van der Waals surface area contributed by atoms with E-state index in [0.29, 0.717) is 5.56 Å². The number of hydrogen-bond acceptors (Lipinski definition) is 9. The number of phosphoric ester groups is 1. The van der Waals surface area contributed by atoms with Crippen LogP contribution < -0.4 is 10.1 Å². The molecule has 0 aliphatic carbocycles. The van der Waals surface area contributed by atoms with Crippen LogP contribution in [0.5, 0.6) is 5.75 Å². The first-order valence-corrected chi connectivity index (χ1v) is 11.9. The number of ether oxygens (including phenoxy) is 1. The van der Waals surface area contributed by atoms with Crippen molar-refractivity contribution in [2.75, 3.05) is 0 Å². The van der Waals surface area contributed by atoms with Crippen molar-refractivity contribution in [2.24, 2.45) is 0 Å². The number of aliphatic hydroxyl groups is 2. The highest BCUT2D eigenvalue weighted by atomic mass is 32.1. The van der Waals surface area contributed by atoms with E-state index in [1.165, 1.54) is 36.7 Å². The van der Waals surface area contributed by atoms with E-state index in [1.807, 2.05) is 0 Å². The molecule has 3 heterocycles. The summed E-state index contributed by atoms with van der Waals surface area (Å²) < 4.78 is 52.2. The smallest absolute Gasteiger partial charge is 0.404 e. The Kier molecular flexibility index (Phi) is 5.85. The maximum absolute atomic E-state index is 16.3. The molecule has 174 valence electrons. The third-order valence-electron chi connectivity index (χ3n) is 5.90. The summed E-state index contributed by atoms with van der Waals surface area (Å²) in [5.74, 6) is -2.84. The van der Waals surface area contributed by atoms with Crippen LogP contribution in [0.25, 0.3) is 0 Å². The Labute approximate surface area is 195 Å². The van der Waals surface area contributed by atoms with Crippen molar-refractivity contribution < 1.29 is 37.5 Å². The lowest BCUT2D eigenvalue weighted by molar-refractivity contribution is -0.240. The zero-order valence-corrected chi connectivity index (χ0v) is 20.0. The first-order chi connectivity index (χ1) is 15.2. The molecule has 0 saturated carbocycles. The summed E-state index contributed by atoms with van der Waals surface area (Å²) in [4.78, 5) is 14.3. The van der Waals surface area contributed by atoms with Gasteiger partial charge in [-0.25, -0.2) is 8.96 Å². The summed E-state index contributed by atoms with van der Waals surface area (Å²) in [5.41, 5.74) is -1.57. The lowest BCUT2D eigenvalue weighted by atomic mass is 9.59. The van der Waals surface area contributed by atoms with Crippen LogP contribution in [0.15, 0.2) is 35.3 Å². The molecule has 0 amide bonds. The van der Waals surface area contributed by atoms with Gasteiger partial charge in [-0.2, -0.15) is 0 Å². The summed E-state index contributed by atoms with van der Waals surface area (Å²) in [6, 6.07) is 6.69. The van der Waals surface area contributed by atoms with E-state index in [4.69, 9.17) is 30.5 Å². The van der Waals surface area contributed by atoms with Gasteiger partial charge in [0.25, 0.3) is 11.4 Å². The quantitative estimate of drug-likeness (QED) is 0.264. The van der Waals surface area contributed by atoms with Crippen molar-refractivity contribution in [2.45, 2.75) is 42.6 Å². The van der Waals surface area contributed by atoms with E-state index in [-0.39, 0.29) is 22.7 Å². The molecule has 0 bridgehead atoms. The van der Waals surface area contributed by atoms with Gasteiger partial charge in [0, 0.05) is 17.3 Å². The molecule has 16 heteroatoms. The van der Waals surface area contributed by atoms with Crippen LogP contribution in [0.3, 0.4) is 0 Å². The Balaban J connectivity index is 1.68. The van der Waals surface area contributed by atoms with Gasteiger partial charge in [-0.3, -0.25) is 18.8 Å². The Morgan fingerprint density at radius 1 is 1.36 bits per heavy atom. The van der Waals surface area contributed by atoms with Crippen LogP contribution in [-0.4, -0.2) is 66.8 Å². The molecule has 33 heavy (non-hydrogen) atoms. The minimum atomic E-state index is -4.33. The normalized spacial score (nSPS) is 33.9. The lowest BCUT2D eigenvalue weighted by Gasteiger charge is -2.41. The third-order valence-corrected chi connectivity index (χ3v) is 7.75. The van der Waals surface area contributed by atoms with Crippen LogP contribution in [-0.2, 0) is 30.6 Å². The van der Waals surface area contributed by atoms with Crippen molar-refractivity contribution in [3.05, 3.63) is 56.7 Å². The second-order valence-electron chi connectivity index (χ2n) is 8.65. The molecule has 3 N–H and O–H groups in total. The van der Waals surface area contributed by atoms with Crippen LogP contribution >= 0.6 is 20.0 Å². The van der Waals surface area contributed by atoms with E-state index in [0.717, 1.165) is 4.57 Å². The molecule has 2 aliphatic rings. The number of nitrogens with zero attached hydrogens (tertiary/aromatic N) is 1. The predicted molar refractivity (Wildman–Crippen MR) is 124 cm³/mol. The number of nitrogens with one attached hydrogen (secondary N) is 1. The summed E-state index contributed by atoms with van der Waals surface area (Å²) in [6.07, 6.45) is -2.73. The SMILES string of the molecule is BC(B)(OP1(=O)OCc2ccccc2O1)[C@@]1(F)O[C@@](B)(n2cc(C)c(=O)[nH]c2=S)[C@H](O)[C@@H]1O. The monoisotopic (exact) mass is 496 g/mol. The largest absolute Gasteiger partial charge is 0.529 e. The molecular formula is C17H21B3FN2O8PS. The number of benzene rings is 1. The van der Waals surface area contributed by atoms with Gasteiger partial charge >= 0.3 is 7.82 Å². The molecule has 2 aromatic rings. The molecule has 10 nitrogen and oxygen atoms in total. The number of aliphatic hydroxyl groups excluding tert-OH is 2. The van der Waals surface area contributed by atoms with Crippen LogP contribution in [0.4, 0.5) is 4.39 Å². The Morgan fingerprint density at radius 2 is 2.03 bits per heavy atom. The van der Waals surface area contributed by atoms with Gasteiger partial charge in [0.2, 0.25) is 0 Å². The van der Waals surface area contributed by atoms with Gasteiger partial charge in [-0.1, -0.05) is 18.2 Å². The minimum absolute atomic E-state index is 0.0988. The fourth-order valence-corrected chi connectivity index (χ4v) is 5.75. The number of aromatic amines is 1. The van der Waals surface area contributed by atoms with Crippen LogP contribution in [0, 0.1) is 11.7 Å². The van der Waals surface area contributed by atoms with E-state index < -0.39 is 42.5 Å². The van der Waals surface area contributed by atoms with Gasteiger partial charge in [0.05, 0.1) is 12.0 Å². The van der Waals surface area contributed by atoms with Crippen LogP contribution in [0.2, 0.25) is 0 Å². The molecule has 1 fully saturated rings. The zero-order chi connectivity index (χ0) is 24.4. The van der Waals surface area contributed by atoms with Crippen molar-refractivity contribution in [1.29, 1.82) is 0 Å². The standard InChI is InChI=1S/C17H21B3FN2O8PS/c1-8-6-23(14(33)22-13(8)26)16(18)12(25)11(24)15(21,30-16)17(19,20)31-32(27)28-7-9-4-2-3-5-10(9)29-32/h2-6,11-12,24-25H,7,18-20H2,1H3,(H,22,26,33)/t11-,12+,15-,16-,32?/m0/s1. The number of aromatic nitrogens is 2. The van der Waals surface area contributed by atoms with Crippen molar-refractivity contribution in [3.63, 3.8) is 0 Å². The summed E-state index contributed by atoms with van der Waals surface area (Å²) in [7, 11) is -0.685. The van der Waals surface area contributed by atoms with E-state index in [1.54, 1.807) is 24.3 Å². The summed E-state index contributed by atoms with van der Waals surface area (Å²) in [6.45, 7) is 1.39. The van der Waals surface area contributed by atoms with Gasteiger partial charge in [0.15, 0.2) is 12.6 Å². The van der Waals surface area contributed by atoms with Gasteiger partial charge in [-0.05, 0) is 25.2 Å². The highest BCUT2D eigenvalue weighted by Crippen LogP contribution is 2.59. The maximum Gasteiger partial charge on any atom is 0.529 e. The van der Waals surface area contributed by atoms with Crippen molar-refractivity contribution >= 4 is 43.6 Å². The number of para-hydroxylation sites is 1. The molecule has 1 saturated heterocycles. The topological polar surface area (TPSA) is 132 Å². The lowest BCUT2D eigenvalue weighted by Crippen LogP contribution is -2.60. The number of alkyl halides is 1. The molecule has 1 aromatic heterocycles. The highest BCUT2D eigenvalue weighted by Gasteiger charge is 2.69. The predicted octanol–water partition coefficient (Wildman–Crippen LogP) is -1.47. The Hall–Kier alpha value is -1.73. The fourth-order valence-electron chi connectivity index (χ4n) is 3.88. The number of H-pyrrole nitrogens is 1. The number of halogens is 1. The van der Waals surface area contributed by atoms with Crippen LogP contribution in [0.1, 0.15) is 11.1 Å². The molecule has 0 spiro atoms. The van der Waals surface area contributed by atoms with E-state index in [9.17, 15) is 19.6 Å². The molecule has 5 atom stereocenters. The number of aryl methyl sites for hydroxylation is 1. The van der Waals surface area contributed by atoms with Crippen molar-refractivity contribution in [1.82, 2.24) is 9.55 Å². The molecule has 1 aromatic carbocycles. The number of hydrogen-bond donors (Lipinski definition) is 3. The molecule has 2 aliphatic heterocycles. The fraction of sp³-hybridized carbons (Fsp3) is 0.412. The first-order valence-electron chi connectivity index (χ1n) is 10.0. The van der Waals surface area contributed by atoms with Gasteiger partial charge < -0.3 is 24.0 Å². The average Bonchev–Trinajstić information content (AvgIpc) is 2.91. The van der Waals surface area contributed by atoms with E-state index in [2.05, 4.69) is 4.98 Å². The van der Waals surface area contributed by atoms with Crippen molar-refractivity contribution in [3.8, 4) is 5.75 Å². The highest BCUT2D eigenvalue weighted by molar-refractivity contribution is 7.71. The first kappa shape index (κ1) is 24.4. The molecule has 0 radical (unpaired) electrons. The maximum atomic E-state index is 16.3. The van der Waals surface area contributed by atoms with Gasteiger partial charge in [0.1, 0.15) is 39.3 Å². The number of phosphoric acid groups is 1. The Bertz CT molecular complexity index is 1280. The molecule has 1 unspecified atom stereocenters. The van der Waals surface area contributed by atoms with E-state index >= 15 is 4.39 Å². The average molecular weight is 496 g/mol. The molecular weight excluding hydrogens is 475 g/mol.